The number of hydrogen-bond donors (Lipinski definition) is 1. The van der Waals surface area contributed by atoms with Gasteiger partial charge in [-0.2, -0.15) is 5.26 Å². The van der Waals surface area contributed by atoms with Crippen LogP contribution in [0.25, 0.3) is 0 Å². The molecule has 90 valence electrons. The second-order valence-electron chi connectivity index (χ2n) is 3.39. The quantitative estimate of drug-likeness (QED) is 0.841. The highest BCUT2D eigenvalue weighted by atomic mass is 16.5. The van der Waals surface area contributed by atoms with E-state index < -0.39 is 11.9 Å². The number of carboxylic acids is 1. The van der Waals surface area contributed by atoms with Crippen molar-refractivity contribution in [1.29, 1.82) is 5.26 Å². The predicted octanol–water partition coefficient (Wildman–Crippen LogP) is 1.79. The van der Waals surface area contributed by atoms with E-state index in [2.05, 4.69) is 0 Å². The highest BCUT2D eigenvalue weighted by Crippen LogP contribution is 2.31. The summed E-state index contributed by atoms with van der Waals surface area (Å²) in [6.07, 6.45) is -0.230. The summed E-state index contributed by atoms with van der Waals surface area (Å²) in [7, 11) is 3.00. The van der Waals surface area contributed by atoms with Crippen LogP contribution in [0.2, 0.25) is 0 Å². The highest BCUT2D eigenvalue weighted by molar-refractivity contribution is 5.69. The van der Waals surface area contributed by atoms with E-state index >= 15 is 0 Å². The van der Waals surface area contributed by atoms with Gasteiger partial charge in [-0.25, -0.2) is 0 Å². The van der Waals surface area contributed by atoms with Crippen LogP contribution >= 0.6 is 0 Å². The van der Waals surface area contributed by atoms with E-state index in [4.69, 9.17) is 19.8 Å². The van der Waals surface area contributed by atoms with Gasteiger partial charge in [-0.15, -0.1) is 0 Å². The Bertz CT molecular complexity index is 450. The van der Waals surface area contributed by atoms with E-state index in [1.807, 2.05) is 6.07 Å². The number of hydrogen-bond acceptors (Lipinski definition) is 4. The molecule has 1 N–H and O–H groups in total. The fourth-order valence-electron chi connectivity index (χ4n) is 1.48. The first-order chi connectivity index (χ1) is 8.12. The van der Waals surface area contributed by atoms with E-state index in [-0.39, 0.29) is 6.42 Å². The van der Waals surface area contributed by atoms with Gasteiger partial charge in [0.25, 0.3) is 0 Å². The molecule has 0 spiro atoms. The first-order valence-electron chi connectivity index (χ1n) is 4.95. The summed E-state index contributed by atoms with van der Waals surface area (Å²) in [6.45, 7) is 0. The van der Waals surface area contributed by atoms with Gasteiger partial charge < -0.3 is 14.6 Å². The molecule has 0 amide bonds. The van der Waals surface area contributed by atoms with Crippen molar-refractivity contribution >= 4 is 5.97 Å². The molecule has 17 heavy (non-hydrogen) atoms. The van der Waals surface area contributed by atoms with Crippen LogP contribution in [0, 0.1) is 11.3 Å². The Labute approximate surface area is 99.2 Å². The van der Waals surface area contributed by atoms with Gasteiger partial charge in [0.1, 0.15) is 0 Å². The second kappa shape index (κ2) is 5.75. The Morgan fingerprint density at radius 1 is 1.41 bits per heavy atom. The summed E-state index contributed by atoms with van der Waals surface area (Å²) in [5.41, 5.74) is 0.604. The van der Waals surface area contributed by atoms with Gasteiger partial charge in [0.05, 0.1) is 32.6 Å². The lowest BCUT2D eigenvalue weighted by atomic mass is 9.97. The van der Waals surface area contributed by atoms with Crippen molar-refractivity contribution in [1.82, 2.24) is 0 Å². The lowest BCUT2D eigenvalue weighted by molar-refractivity contribution is -0.137. The van der Waals surface area contributed by atoms with Crippen LogP contribution in [0.1, 0.15) is 17.9 Å². The van der Waals surface area contributed by atoms with Gasteiger partial charge in [-0.1, -0.05) is 6.07 Å². The monoisotopic (exact) mass is 235 g/mol. The maximum Gasteiger partial charge on any atom is 0.305 e. The highest BCUT2D eigenvalue weighted by Gasteiger charge is 2.16. The van der Waals surface area contributed by atoms with Gasteiger partial charge in [0.2, 0.25) is 0 Å². The predicted molar refractivity (Wildman–Crippen MR) is 60.2 cm³/mol. The normalized spacial score (nSPS) is 11.4. The summed E-state index contributed by atoms with van der Waals surface area (Å²) in [4.78, 5) is 10.6. The molecule has 1 aromatic carbocycles. The topological polar surface area (TPSA) is 79.5 Å². The molecule has 1 rings (SSSR count). The molecule has 0 saturated carbocycles. The first-order valence-corrected chi connectivity index (χ1v) is 4.95. The molecule has 0 aliphatic rings. The average Bonchev–Trinajstić information content (AvgIpc) is 2.34. The van der Waals surface area contributed by atoms with Crippen LogP contribution < -0.4 is 9.47 Å². The maximum absolute atomic E-state index is 10.6. The fourth-order valence-corrected chi connectivity index (χ4v) is 1.48. The van der Waals surface area contributed by atoms with Crippen molar-refractivity contribution in [2.75, 3.05) is 14.2 Å². The van der Waals surface area contributed by atoms with Crippen LogP contribution in [0.4, 0.5) is 0 Å². The molecule has 1 unspecified atom stereocenters. The minimum Gasteiger partial charge on any atom is -0.493 e. The minimum atomic E-state index is -1.01. The SMILES string of the molecule is COc1ccc(C(C#N)CC(=O)O)cc1OC. The van der Waals surface area contributed by atoms with Crippen LogP contribution in [0.15, 0.2) is 18.2 Å². The van der Waals surface area contributed by atoms with Gasteiger partial charge in [-0.05, 0) is 17.7 Å². The third kappa shape index (κ3) is 3.11. The number of rotatable bonds is 5. The summed E-state index contributed by atoms with van der Waals surface area (Å²) in [5, 5.41) is 17.6. The standard InChI is InChI=1S/C12H13NO4/c1-16-10-4-3-8(5-11(10)17-2)9(7-13)6-12(14)15/h3-5,9H,6H2,1-2H3,(H,14,15). The molecule has 0 aliphatic heterocycles. The Kier molecular flexibility index (Phi) is 4.35. The summed E-state index contributed by atoms with van der Waals surface area (Å²) in [6, 6.07) is 6.90. The Morgan fingerprint density at radius 3 is 2.53 bits per heavy atom. The Hall–Kier alpha value is -2.22. The zero-order chi connectivity index (χ0) is 12.8. The van der Waals surface area contributed by atoms with E-state index in [1.54, 1.807) is 18.2 Å². The molecular formula is C12H13NO4. The van der Waals surface area contributed by atoms with Crippen molar-refractivity contribution in [2.45, 2.75) is 12.3 Å². The third-order valence-electron chi connectivity index (χ3n) is 2.34. The molecule has 1 atom stereocenters. The first kappa shape index (κ1) is 12.8. The largest absolute Gasteiger partial charge is 0.493 e. The third-order valence-corrected chi connectivity index (χ3v) is 2.34. The Morgan fingerprint density at radius 2 is 2.06 bits per heavy atom. The molecule has 5 heteroatoms. The van der Waals surface area contributed by atoms with Crippen molar-refractivity contribution < 1.29 is 19.4 Å². The van der Waals surface area contributed by atoms with Gasteiger partial charge in [-0.3, -0.25) is 4.79 Å². The van der Waals surface area contributed by atoms with Gasteiger partial charge >= 0.3 is 5.97 Å². The molecule has 0 aromatic heterocycles. The van der Waals surface area contributed by atoms with Crippen molar-refractivity contribution in [3.63, 3.8) is 0 Å². The fraction of sp³-hybridized carbons (Fsp3) is 0.333. The number of ether oxygens (including phenoxy) is 2. The lowest BCUT2D eigenvalue weighted by Gasteiger charge is -2.11. The molecule has 0 heterocycles. The molecule has 5 nitrogen and oxygen atoms in total. The number of methoxy groups -OCH3 is 2. The maximum atomic E-state index is 10.6. The minimum absolute atomic E-state index is 0.230. The van der Waals surface area contributed by atoms with E-state index in [0.29, 0.717) is 17.1 Å². The average molecular weight is 235 g/mol. The molecule has 0 radical (unpaired) electrons. The number of carbonyl (C=O) groups is 1. The molecular weight excluding hydrogens is 222 g/mol. The number of nitrogens with zero attached hydrogens (tertiary/aromatic N) is 1. The summed E-state index contributed by atoms with van der Waals surface area (Å²) in [5.74, 6) is -0.669. The van der Waals surface area contributed by atoms with Crippen molar-refractivity contribution in [2.24, 2.45) is 0 Å². The van der Waals surface area contributed by atoms with Crippen molar-refractivity contribution in [3.05, 3.63) is 23.8 Å². The lowest BCUT2D eigenvalue weighted by Crippen LogP contribution is -2.05. The summed E-state index contributed by atoms with van der Waals surface area (Å²) >= 11 is 0. The molecule has 1 aromatic rings. The van der Waals surface area contributed by atoms with Crippen molar-refractivity contribution in [3.8, 4) is 17.6 Å². The van der Waals surface area contributed by atoms with Crippen LogP contribution in [-0.2, 0) is 4.79 Å². The molecule has 0 fully saturated rings. The van der Waals surface area contributed by atoms with Crippen LogP contribution in [0.5, 0.6) is 11.5 Å². The summed E-state index contributed by atoms with van der Waals surface area (Å²) < 4.78 is 10.2. The van der Waals surface area contributed by atoms with Crippen LogP contribution in [-0.4, -0.2) is 25.3 Å². The number of aliphatic carboxylic acids is 1. The second-order valence-corrected chi connectivity index (χ2v) is 3.39. The van der Waals surface area contributed by atoms with Crippen LogP contribution in [0.3, 0.4) is 0 Å². The smallest absolute Gasteiger partial charge is 0.305 e. The zero-order valence-corrected chi connectivity index (χ0v) is 9.64. The Balaban J connectivity index is 3.05. The van der Waals surface area contributed by atoms with E-state index in [0.717, 1.165) is 0 Å². The van der Waals surface area contributed by atoms with E-state index in [1.165, 1.54) is 14.2 Å². The molecule has 0 saturated heterocycles. The van der Waals surface area contributed by atoms with Gasteiger partial charge in [0.15, 0.2) is 11.5 Å². The number of carboxylic acid groups (broad SMARTS) is 1. The van der Waals surface area contributed by atoms with Gasteiger partial charge in [0, 0.05) is 0 Å². The zero-order valence-electron chi connectivity index (χ0n) is 9.64. The molecule has 0 bridgehead atoms. The number of nitriles is 1. The molecule has 0 aliphatic carbocycles. The van der Waals surface area contributed by atoms with E-state index in [9.17, 15) is 4.79 Å². The number of benzene rings is 1.